The smallest absolute Gasteiger partial charge is 0.0934 e. The van der Waals surface area contributed by atoms with E-state index in [0.717, 1.165) is 4.34 Å². The van der Waals surface area contributed by atoms with Gasteiger partial charge in [-0.3, -0.25) is 0 Å². The third kappa shape index (κ3) is 3.18. The van der Waals surface area contributed by atoms with Gasteiger partial charge < -0.3 is 5.32 Å². The van der Waals surface area contributed by atoms with E-state index in [0.29, 0.717) is 12.1 Å². The number of rotatable bonds is 3. The van der Waals surface area contributed by atoms with Gasteiger partial charge >= 0.3 is 0 Å². The number of nitrogens with one attached hydrogen (secondary N) is 1. The highest BCUT2D eigenvalue weighted by Gasteiger charge is 2.24. The summed E-state index contributed by atoms with van der Waals surface area (Å²) in [5, 5.41) is 3.81. The van der Waals surface area contributed by atoms with Gasteiger partial charge in [-0.2, -0.15) is 0 Å². The Morgan fingerprint density at radius 3 is 2.86 bits per heavy atom. The quantitative estimate of drug-likeness (QED) is 0.760. The highest BCUT2D eigenvalue weighted by molar-refractivity contribution is 7.16. The highest BCUT2D eigenvalue weighted by atomic mass is 35.5. The molecule has 1 N–H and O–H groups in total. The number of fused-ring (bicyclic) bond motifs is 1. The monoisotopic (exact) mass is 319 g/mol. The van der Waals surface area contributed by atoms with Crippen LogP contribution in [0.15, 0.2) is 24.3 Å². The molecule has 1 heterocycles. The summed E-state index contributed by atoms with van der Waals surface area (Å²) in [6, 6.07) is 9.68. The summed E-state index contributed by atoms with van der Waals surface area (Å²) < 4.78 is 0.924. The van der Waals surface area contributed by atoms with Gasteiger partial charge in [0.05, 0.1) is 4.34 Å². The Morgan fingerprint density at radius 1 is 1.29 bits per heavy atom. The van der Waals surface area contributed by atoms with E-state index in [9.17, 15) is 0 Å². The lowest BCUT2D eigenvalue weighted by molar-refractivity contribution is 0.417. The molecule has 112 valence electrons. The Labute approximate surface area is 136 Å². The Hall–Kier alpha value is -0.830. The van der Waals surface area contributed by atoms with Crippen molar-refractivity contribution < 1.29 is 0 Å². The molecule has 3 heteroatoms. The van der Waals surface area contributed by atoms with Gasteiger partial charge in [-0.15, -0.1) is 11.3 Å². The van der Waals surface area contributed by atoms with Crippen LogP contribution in [0, 0.1) is 13.8 Å². The number of aryl methyl sites for hydroxylation is 3. The molecule has 0 radical (unpaired) electrons. The zero-order valence-corrected chi connectivity index (χ0v) is 14.4. The van der Waals surface area contributed by atoms with Gasteiger partial charge in [0.15, 0.2) is 0 Å². The van der Waals surface area contributed by atoms with Gasteiger partial charge in [-0.25, -0.2) is 0 Å². The SMILES string of the molecule is Cc1ccc(C(C)NC2CCCc3sc(Cl)cc32)c(C)c1. The standard InChI is InChI=1S/C18H22ClNS/c1-11-7-8-14(12(2)9-11)13(3)20-16-5-4-6-17-15(16)10-18(19)21-17/h7-10,13,16,20H,4-6H2,1-3H3. The van der Waals surface area contributed by atoms with E-state index in [1.165, 1.54) is 46.4 Å². The predicted molar refractivity (Wildman–Crippen MR) is 92.5 cm³/mol. The minimum Gasteiger partial charge on any atom is -0.303 e. The molecule has 0 saturated carbocycles. The normalized spacial score (nSPS) is 19.3. The van der Waals surface area contributed by atoms with Crippen molar-refractivity contribution in [3.63, 3.8) is 0 Å². The first kappa shape index (κ1) is 15.1. The van der Waals surface area contributed by atoms with Crippen molar-refractivity contribution in [1.82, 2.24) is 5.32 Å². The molecule has 0 saturated heterocycles. The zero-order valence-electron chi connectivity index (χ0n) is 12.9. The van der Waals surface area contributed by atoms with Crippen LogP contribution in [0.2, 0.25) is 4.34 Å². The van der Waals surface area contributed by atoms with Gasteiger partial charge in [-0.1, -0.05) is 35.4 Å². The third-order valence-electron chi connectivity index (χ3n) is 4.43. The lowest BCUT2D eigenvalue weighted by Gasteiger charge is -2.28. The molecule has 1 nitrogen and oxygen atoms in total. The van der Waals surface area contributed by atoms with Crippen molar-refractivity contribution in [2.45, 2.75) is 52.1 Å². The lowest BCUT2D eigenvalue weighted by Crippen LogP contribution is -2.27. The fourth-order valence-corrected chi connectivity index (χ4v) is 4.78. The minimum absolute atomic E-state index is 0.361. The molecular weight excluding hydrogens is 298 g/mol. The third-order valence-corrected chi connectivity index (χ3v) is 5.77. The van der Waals surface area contributed by atoms with Crippen LogP contribution in [0.3, 0.4) is 0 Å². The van der Waals surface area contributed by atoms with E-state index in [1.807, 2.05) is 0 Å². The topological polar surface area (TPSA) is 12.0 Å². The molecule has 1 aromatic carbocycles. The van der Waals surface area contributed by atoms with Crippen LogP contribution in [0.1, 0.15) is 59.0 Å². The first-order chi connectivity index (χ1) is 10.0. The maximum Gasteiger partial charge on any atom is 0.0934 e. The van der Waals surface area contributed by atoms with Crippen LogP contribution in [-0.4, -0.2) is 0 Å². The largest absolute Gasteiger partial charge is 0.303 e. The molecular formula is C18H22ClNS. The summed E-state index contributed by atoms with van der Waals surface area (Å²) in [6.45, 7) is 6.61. The molecule has 2 atom stereocenters. The van der Waals surface area contributed by atoms with Crippen molar-refractivity contribution in [3.8, 4) is 0 Å². The Bertz CT molecular complexity index is 647. The molecule has 1 aliphatic rings. The van der Waals surface area contributed by atoms with Crippen LogP contribution in [0.5, 0.6) is 0 Å². The first-order valence-corrected chi connectivity index (χ1v) is 8.85. The van der Waals surface area contributed by atoms with E-state index in [1.54, 1.807) is 11.3 Å². The number of halogens is 1. The Balaban J connectivity index is 1.80. The number of benzene rings is 1. The summed E-state index contributed by atoms with van der Waals surface area (Å²) >= 11 is 7.95. The van der Waals surface area contributed by atoms with Crippen molar-refractivity contribution >= 4 is 22.9 Å². The first-order valence-electron chi connectivity index (χ1n) is 7.66. The van der Waals surface area contributed by atoms with Gasteiger partial charge in [0.2, 0.25) is 0 Å². The molecule has 0 aliphatic heterocycles. The molecule has 0 fully saturated rings. The molecule has 1 aromatic heterocycles. The summed E-state index contributed by atoms with van der Waals surface area (Å²) in [7, 11) is 0. The summed E-state index contributed by atoms with van der Waals surface area (Å²) in [6.07, 6.45) is 3.64. The van der Waals surface area contributed by atoms with Crippen molar-refractivity contribution in [2.75, 3.05) is 0 Å². The van der Waals surface area contributed by atoms with Crippen LogP contribution in [0.4, 0.5) is 0 Å². The average Bonchev–Trinajstić information content (AvgIpc) is 2.80. The molecule has 21 heavy (non-hydrogen) atoms. The van der Waals surface area contributed by atoms with Crippen LogP contribution >= 0.6 is 22.9 Å². The molecule has 2 aromatic rings. The zero-order chi connectivity index (χ0) is 15.0. The molecule has 0 spiro atoms. The fraction of sp³-hybridized carbons (Fsp3) is 0.444. The summed E-state index contributed by atoms with van der Waals surface area (Å²) in [5.41, 5.74) is 5.52. The van der Waals surface area contributed by atoms with E-state index >= 15 is 0 Å². The van der Waals surface area contributed by atoms with Gasteiger partial charge in [-0.05, 0) is 62.8 Å². The van der Waals surface area contributed by atoms with Crippen molar-refractivity contribution in [3.05, 3.63) is 55.7 Å². The fourth-order valence-electron chi connectivity index (χ4n) is 3.40. The maximum absolute atomic E-state index is 6.20. The molecule has 0 bridgehead atoms. The second kappa shape index (κ2) is 6.12. The number of hydrogen-bond acceptors (Lipinski definition) is 2. The lowest BCUT2D eigenvalue weighted by atomic mass is 9.92. The molecule has 0 amide bonds. The summed E-state index contributed by atoms with van der Waals surface area (Å²) in [4.78, 5) is 1.47. The summed E-state index contributed by atoms with van der Waals surface area (Å²) in [5.74, 6) is 0. The second-order valence-electron chi connectivity index (χ2n) is 6.12. The van der Waals surface area contributed by atoms with E-state index < -0.39 is 0 Å². The van der Waals surface area contributed by atoms with Crippen LogP contribution in [-0.2, 0) is 6.42 Å². The molecule has 1 aliphatic carbocycles. The van der Waals surface area contributed by atoms with Crippen molar-refractivity contribution in [1.29, 1.82) is 0 Å². The van der Waals surface area contributed by atoms with Crippen LogP contribution < -0.4 is 5.32 Å². The van der Waals surface area contributed by atoms with Crippen molar-refractivity contribution in [2.24, 2.45) is 0 Å². The van der Waals surface area contributed by atoms with Gasteiger partial charge in [0.25, 0.3) is 0 Å². The van der Waals surface area contributed by atoms with Gasteiger partial charge in [0, 0.05) is 17.0 Å². The second-order valence-corrected chi connectivity index (χ2v) is 7.89. The molecule has 3 rings (SSSR count). The van der Waals surface area contributed by atoms with Crippen LogP contribution in [0.25, 0.3) is 0 Å². The average molecular weight is 320 g/mol. The van der Waals surface area contributed by atoms with E-state index in [2.05, 4.69) is 50.4 Å². The number of hydrogen-bond donors (Lipinski definition) is 1. The Kier molecular flexibility index (Phi) is 4.39. The number of thiophene rings is 1. The van der Waals surface area contributed by atoms with E-state index in [-0.39, 0.29) is 0 Å². The Morgan fingerprint density at radius 2 is 2.10 bits per heavy atom. The predicted octanol–water partition coefficient (Wildman–Crippen LogP) is 5.75. The maximum atomic E-state index is 6.20. The highest BCUT2D eigenvalue weighted by Crippen LogP contribution is 2.39. The van der Waals surface area contributed by atoms with E-state index in [4.69, 9.17) is 11.6 Å². The molecule has 2 unspecified atom stereocenters. The van der Waals surface area contributed by atoms with Gasteiger partial charge in [0.1, 0.15) is 0 Å². The minimum atomic E-state index is 0.361.